The Kier molecular flexibility index (Phi) is 6.62. The molecule has 3 amide bonds. The van der Waals surface area contributed by atoms with Gasteiger partial charge in [-0.15, -0.1) is 0 Å². The van der Waals surface area contributed by atoms with Gasteiger partial charge >= 0.3 is 0 Å². The normalized spacial score (nSPS) is 25.9. The first-order chi connectivity index (χ1) is 17.2. The Morgan fingerprint density at radius 3 is 2.14 bits per heavy atom. The highest BCUT2D eigenvalue weighted by atomic mass is 16.2. The zero-order chi connectivity index (χ0) is 25.4. The molecule has 0 saturated heterocycles. The second-order valence-electron chi connectivity index (χ2n) is 11.5. The quantitative estimate of drug-likeness (QED) is 0.586. The molecule has 0 unspecified atom stereocenters. The van der Waals surface area contributed by atoms with Gasteiger partial charge in [-0.05, 0) is 105 Å². The standard InChI is InChI=1S/C30H37N3O3/c1-19-5-4-6-26(20(19)2)32-27(34)18-33(3)28(35)25-9-7-21(8-10-25)17-31-29(36)30-14-22-11-23(15-30)13-24(12-22)16-30/h4-10,22-24H,11-18H2,1-3H3,(H,31,36)(H,32,34). The highest BCUT2D eigenvalue weighted by molar-refractivity contribution is 5.99. The van der Waals surface area contributed by atoms with Crippen LogP contribution in [-0.2, 0) is 16.1 Å². The van der Waals surface area contributed by atoms with Crippen LogP contribution in [0.1, 0.15) is 65.6 Å². The number of carbonyl (C=O) groups is 3. The number of rotatable bonds is 7. The van der Waals surface area contributed by atoms with Gasteiger partial charge in [0.15, 0.2) is 0 Å². The van der Waals surface area contributed by atoms with Crippen LogP contribution in [0.5, 0.6) is 0 Å². The molecule has 0 radical (unpaired) electrons. The minimum absolute atomic E-state index is 0.0326. The number of hydrogen-bond donors (Lipinski definition) is 2. The third kappa shape index (κ3) is 4.91. The topological polar surface area (TPSA) is 78.5 Å². The van der Waals surface area contributed by atoms with Crippen LogP contribution in [-0.4, -0.2) is 36.2 Å². The molecule has 4 aliphatic rings. The summed E-state index contributed by atoms with van der Waals surface area (Å²) in [6, 6.07) is 13.1. The number of benzene rings is 2. The lowest BCUT2D eigenvalue weighted by atomic mass is 9.49. The van der Waals surface area contributed by atoms with Gasteiger partial charge < -0.3 is 15.5 Å². The van der Waals surface area contributed by atoms with Gasteiger partial charge in [-0.25, -0.2) is 0 Å². The average Bonchev–Trinajstić information content (AvgIpc) is 2.84. The zero-order valence-corrected chi connectivity index (χ0v) is 21.6. The summed E-state index contributed by atoms with van der Waals surface area (Å²) >= 11 is 0. The molecule has 4 aliphatic carbocycles. The number of likely N-dealkylation sites (N-methyl/N-ethyl adjacent to an activating group) is 1. The number of anilines is 1. The van der Waals surface area contributed by atoms with Crippen molar-refractivity contribution < 1.29 is 14.4 Å². The minimum atomic E-state index is -0.233. The van der Waals surface area contributed by atoms with Crippen LogP contribution >= 0.6 is 0 Å². The second-order valence-corrected chi connectivity index (χ2v) is 11.5. The fourth-order valence-corrected chi connectivity index (χ4v) is 7.11. The Labute approximate surface area is 213 Å². The Hall–Kier alpha value is -3.15. The monoisotopic (exact) mass is 487 g/mol. The molecule has 0 aliphatic heterocycles. The van der Waals surface area contributed by atoms with Crippen molar-refractivity contribution in [3.05, 3.63) is 64.7 Å². The summed E-state index contributed by atoms with van der Waals surface area (Å²) in [6.07, 6.45) is 7.14. The molecule has 4 saturated carbocycles. The van der Waals surface area contributed by atoms with Gasteiger partial charge in [-0.1, -0.05) is 24.3 Å². The maximum atomic E-state index is 13.2. The summed E-state index contributed by atoms with van der Waals surface area (Å²) in [5, 5.41) is 6.10. The molecule has 0 heterocycles. The maximum absolute atomic E-state index is 13.2. The number of aryl methyl sites for hydroxylation is 1. The van der Waals surface area contributed by atoms with Crippen molar-refractivity contribution in [3.8, 4) is 0 Å². The number of carbonyl (C=O) groups excluding carboxylic acids is 3. The van der Waals surface area contributed by atoms with E-state index in [-0.39, 0.29) is 29.7 Å². The van der Waals surface area contributed by atoms with E-state index in [4.69, 9.17) is 0 Å². The fraction of sp³-hybridized carbons (Fsp3) is 0.500. The van der Waals surface area contributed by atoms with Gasteiger partial charge in [0.05, 0.1) is 6.54 Å². The Morgan fingerprint density at radius 2 is 1.53 bits per heavy atom. The Balaban J connectivity index is 1.13. The van der Waals surface area contributed by atoms with Gasteiger partial charge in [0, 0.05) is 30.3 Å². The van der Waals surface area contributed by atoms with Gasteiger partial charge in [-0.2, -0.15) is 0 Å². The minimum Gasteiger partial charge on any atom is -0.352 e. The largest absolute Gasteiger partial charge is 0.352 e. The summed E-state index contributed by atoms with van der Waals surface area (Å²) in [6.45, 7) is 4.41. The van der Waals surface area contributed by atoms with E-state index in [0.29, 0.717) is 12.1 Å². The van der Waals surface area contributed by atoms with E-state index < -0.39 is 0 Å². The third-order valence-electron chi connectivity index (χ3n) is 8.78. The second kappa shape index (κ2) is 9.72. The molecule has 2 aromatic carbocycles. The fourth-order valence-electron chi connectivity index (χ4n) is 7.11. The van der Waals surface area contributed by atoms with Crippen LogP contribution in [0.4, 0.5) is 5.69 Å². The van der Waals surface area contributed by atoms with E-state index in [1.54, 1.807) is 19.2 Å². The lowest BCUT2D eigenvalue weighted by Gasteiger charge is -2.55. The summed E-state index contributed by atoms with van der Waals surface area (Å²) in [5.41, 5.74) is 4.23. The van der Waals surface area contributed by atoms with E-state index in [1.165, 1.54) is 24.2 Å². The van der Waals surface area contributed by atoms with E-state index in [0.717, 1.165) is 59.4 Å². The van der Waals surface area contributed by atoms with Gasteiger partial charge in [-0.3, -0.25) is 14.4 Å². The molecular weight excluding hydrogens is 450 g/mol. The lowest BCUT2D eigenvalue weighted by Crippen LogP contribution is -2.53. The molecule has 0 spiro atoms. The first-order valence-corrected chi connectivity index (χ1v) is 13.2. The molecule has 0 atom stereocenters. The smallest absolute Gasteiger partial charge is 0.254 e. The SMILES string of the molecule is Cc1cccc(NC(=O)CN(C)C(=O)c2ccc(CNC(=O)C34CC5CC(CC(C5)C3)C4)cc2)c1C. The molecule has 4 bridgehead atoms. The molecule has 2 N–H and O–H groups in total. The van der Waals surface area contributed by atoms with Gasteiger partial charge in [0.25, 0.3) is 5.91 Å². The molecule has 6 heteroatoms. The van der Waals surface area contributed by atoms with Crippen molar-refractivity contribution in [1.29, 1.82) is 0 Å². The highest BCUT2D eigenvalue weighted by Crippen LogP contribution is 2.60. The van der Waals surface area contributed by atoms with Gasteiger partial charge in [0.2, 0.25) is 11.8 Å². The first-order valence-electron chi connectivity index (χ1n) is 13.2. The van der Waals surface area contributed by atoms with Crippen LogP contribution in [0.25, 0.3) is 0 Å². The molecule has 2 aromatic rings. The predicted octanol–water partition coefficient (Wildman–Crippen LogP) is 4.85. The molecule has 36 heavy (non-hydrogen) atoms. The van der Waals surface area contributed by atoms with E-state index in [2.05, 4.69) is 10.6 Å². The molecule has 6 nitrogen and oxygen atoms in total. The number of hydrogen-bond acceptors (Lipinski definition) is 3. The summed E-state index contributed by atoms with van der Waals surface area (Å²) in [5.74, 6) is 2.00. The maximum Gasteiger partial charge on any atom is 0.254 e. The number of amides is 3. The van der Waals surface area contributed by atoms with E-state index >= 15 is 0 Å². The van der Waals surface area contributed by atoms with E-state index in [1.807, 2.05) is 44.2 Å². The highest BCUT2D eigenvalue weighted by Gasteiger charge is 2.54. The molecule has 0 aromatic heterocycles. The van der Waals surface area contributed by atoms with Crippen LogP contribution < -0.4 is 10.6 Å². The number of nitrogens with one attached hydrogen (secondary N) is 2. The summed E-state index contributed by atoms with van der Waals surface area (Å²) in [7, 11) is 1.63. The molecule has 190 valence electrons. The molecule has 4 fully saturated rings. The summed E-state index contributed by atoms with van der Waals surface area (Å²) < 4.78 is 0. The van der Waals surface area contributed by atoms with Crippen LogP contribution in [0.3, 0.4) is 0 Å². The average molecular weight is 488 g/mol. The summed E-state index contributed by atoms with van der Waals surface area (Å²) in [4.78, 5) is 40.0. The number of nitrogens with zero attached hydrogens (tertiary/aromatic N) is 1. The van der Waals surface area contributed by atoms with Crippen LogP contribution in [0.2, 0.25) is 0 Å². The lowest BCUT2D eigenvalue weighted by molar-refractivity contribution is -0.146. The van der Waals surface area contributed by atoms with Crippen molar-refractivity contribution in [2.75, 3.05) is 18.9 Å². The van der Waals surface area contributed by atoms with Crippen LogP contribution in [0, 0.1) is 37.0 Å². The van der Waals surface area contributed by atoms with Crippen molar-refractivity contribution in [3.63, 3.8) is 0 Å². The Morgan fingerprint density at radius 1 is 0.917 bits per heavy atom. The van der Waals surface area contributed by atoms with E-state index in [9.17, 15) is 14.4 Å². The third-order valence-corrected chi connectivity index (χ3v) is 8.78. The predicted molar refractivity (Wildman–Crippen MR) is 140 cm³/mol. The van der Waals surface area contributed by atoms with Crippen molar-refractivity contribution in [2.24, 2.45) is 23.2 Å². The molecular formula is C30H37N3O3. The van der Waals surface area contributed by atoms with Crippen molar-refractivity contribution >= 4 is 23.4 Å². The first kappa shape index (κ1) is 24.5. The molecule has 6 rings (SSSR count). The van der Waals surface area contributed by atoms with Crippen molar-refractivity contribution in [1.82, 2.24) is 10.2 Å². The van der Waals surface area contributed by atoms with Gasteiger partial charge in [0.1, 0.15) is 0 Å². The van der Waals surface area contributed by atoms with Crippen molar-refractivity contribution in [2.45, 2.75) is 58.9 Å². The van der Waals surface area contributed by atoms with Crippen LogP contribution in [0.15, 0.2) is 42.5 Å². The Bertz CT molecular complexity index is 1140. The zero-order valence-electron chi connectivity index (χ0n) is 21.6.